The average molecular weight is 313 g/mol. The Bertz CT molecular complexity index is 652. The smallest absolute Gasteiger partial charge is 0.322 e. The van der Waals surface area contributed by atoms with E-state index in [1.807, 2.05) is 35.2 Å². The molecule has 122 valence electrons. The van der Waals surface area contributed by atoms with Gasteiger partial charge in [0.15, 0.2) is 5.41 Å². The van der Waals surface area contributed by atoms with Crippen LogP contribution in [0.3, 0.4) is 0 Å². The molecule has 4 heteroatoms. The Kier molecular flexibility index (Phi) is 3.09. The zero-order valence-electron chi connectivity index (χ0n) is 13.7. The van der Waals surface area contributed by atoms with E-state index in [9.17, 15) is 9.59 Å². The highest BCUT2D eigenvalue weighted by Crippen LogP contribution is 2.75. The summed E-state index contributed by atoms with van der Waals surface area (Å²) in [6.07, 6.45) is 3.00. The molecule has 1 heterocycles. The van der Waals surface area contributed by atoms with Gasteiger partial charge in [-0.15, -0.1) is 0 Å². The Morgan fingerprint density at radius 3 is 2.65 bits per heavy atom. The Morgan fingerprint density at radius 1 is 1.35 bits per heavy atom. The topological polar surface area (TPSA) is 46.6 Å². The van der Waals surface area contributed by atoms with Crippen LogP contribution < -0.4 is 0 Å². The van der Waals surface area contributed by atoms with Gasteiger partial charge in [-0.1, -0.05) is 30.3 Å². The minimum atomic E-state index is -0.893. The molecule has 1 spiro atoms. The van der Waals surface area contributed by atoms with E-state index in [0.29, 0.717) is 19.6 Å². The molecule has 1 aromatic carbocycles. The van der Waals surface area contributed by atoms with Crippen LogP contribution in [-0.2, 0) is 14.3 Å². The number of benzene rings is 1. The largest absolute Gasteiger partial charge is 0.465 e. The minimum absolute atomic E-state index is 0.00333. The van der Waals surface area contributed by atoms with Crippen molar-refractivity contribution in [1.82, 2.24) is 4.90 Å². The maximum absolute atomic E-state index is 13.2. The normalized spacial score (nSPS) is 31.5. The van der Waals surface area contributed by atoms with Crippen LogP contribution in [0.1, 0.15) is 44.7 Å². The molecule has 3 atom stereocenters. The molecule has 2 saturated carbocycles. The summed E-state index contributed by atoms with van der Waals surface area (Å²) in [5.41, 5.74) is 0.467. The predicted octanol–water partition coefficient (Wildman–Crippen LogP) is 2.94. The van der Waals surface area contributed by atoms with E-state index in [-0.39, 0.29) is 29.3 Å². The van der Waals surface area contributed by atoms with Gasteiger partial charge in [0.2, 0.25) is 5.91 Å². The fraction of sp³-hybridized carbons (Fsp3) is 0.579. The van der Waals surface area contributed by atoms with Crippen LogP contribution in [-0.4, -0.2) is 29.9 Å². The van der Waals surface area contributed by atoms with Gasteiger partial charge in [0, 0.05) is 12.5 Å². The molecule has 4 nitrogen and oxygen atoms in total. The average Bonchev–Trinajstić information content (AvgIpc) is 3.31. The van der Waals surface area contributed by atoms with Crippen LogP contribution in [0, 0.1) is 16.7 Å². The van der Waals surface area contributed by atoms with E-state index in [1.54, 1.807) is 6.92 Å². The van der Waals surface area contributed by atoms with Crippen molar-refractivity contribution < 1.29 is 14.3 Å². The summed E-state index contributed by atoms with van der Waals surface area (Å²) >= 11 is 0. The summed E-state index contributed by atoms with van der Waals surface area (Å²) in [5, 5.41) is 0. The number of ether oxygens (including phenoxy) is 1. The van der Waals surface area contributed by atoms with Crippen LogP contribution in [0.5, 0.6) is 0 Å². The number of esters is 1. The predicted molar refractivity (Wildman–Crippen MR) is 85.4 cm³/mol. The molecular weight excluding hydrogens is 290 g/mol. The zero-order valence-corrected chi connectivity index (χ0v) is 13.7. The summed E-state index contributed by atoms with van der Waals surface area (Å²) in [6.45, 7) is 4.88. The monoisotopic (exact) mass is 313 g/mol. The molecule has 1 aliphatic heterocycles. The first-order valence-electron chi connectivity index (χ1n) is 8.58. The van der Waals surface area contributed by atoms with Gasteiger partial charge in [-0.2, -0.15) is 0 Å². The van der Waals surface area contributed by atoms with Gasteiger partial charge < -0.3 is 9.64 Å². The number of hydrogen-bond acceptors (Lipinski definition) is 3. The van der Waals surface area contributed by atoms with E-state index >= 15 is 0 Å². The van der Waals surface area contributed by atoms with E-state index < -0.39 is 5.41 Å². The molecule has 0 N–H and O–H groups in total. The molecule has 0 bridgehead atoms. The lowest BCUT2D eigenvalue weighted by Crippen LogP contribution is -2.56. The summed E-state index contributed by atoms with van der Waals surface area (Å²) in [6, 6.07) is 10.0. The van der Waals surface area contributed by atoms with Crippen molar-refractivity contribution in [2.75, 3.05) is 13.2 Å². The Morgan fingerprint density at radius 2 is 2.04 bits per heavy atom. The molecule has 0 aromatic heterocycles. The highest BCUT2D eigenvalue weighted by atomic mass is 16.5. The Labute approximate surface area is 136 Å². The first-order chi connectivity index (χ1) is 11.0. The van der Waals surface area contributed by atoms with Gasteiger partial charge >= 0.3 is 5.97 Å². The lowest BCUT2D eigenvalue weighted by atomic mass is 9.52. The molecule has 1 amide bonds. The number of nitrogens with zero attached hydrogens (tertiary/aromatic N) is 1. The second kappa shape index (κ2) is 4.83. The number of carbonyl (C=O) groups excluding carboxylic acids is 2. The second-order valence-corrected chi connectivity index (χ2v) is 7.33. The minimum Gasteiger partial charge on any atom is -0.465 e. The van der Waals surface area contributed by atoms with Crippen LogP contribution >= 0.6 is 0 Å². The molecule has 3 aliphatic rings. The number of rotatable bonds is 4. The Hall–Kier alpha value is -1.84. The number of fused-ring (bicyclic) bond motifs is 2. The lowest BCUT2D eigenvalue weighted by Gasteiger charge is -2.47. The van der Waals surface area contributed by atoms with Gasteiger partial charge in [0.25, 0.3) is 0 Å². The molecule has 23 heavy (non-hydrogen) atoms. The van der Waals surface area contributed by atoms with E-state index in [4.69, 9.17) is 4.74 Å². The fourth-order valence-corrected chi connectivity index (χ4v) is 4.80. The number of likely N-dealkylation sites (tertiary alicyclic amines) is 1. The van der Waals surface area contributed by atoms with Crippen molar-refractivity contribution in [3.05, 3.63) is 35.9 Å². The van der Waals surface area contributed by atoms with E-state index in [1.165, 1.54) is 0 Å². The molecule has 3 fully saturated rings. The second-order valence-electron chi connectivity index (χ2n) is 7.33. The third-order valence-corrected chi connectivity index (χ3v) is 6.27. The standard InChI is InChI=1S/C19H23NO3/c1-3-23-17(22)19-12-18(9-10-18)15(19)11-20(16(19)21)13(2)14-7-5-4-6-8-14/h4-8,13,15H,3,9-12H2,1-2H3/t13-,15-,19-/m0/s1. The summed E-state index contributed by atoms with van der Waals surface area (Å²) < 4.78 is 5.29. The molecule has 2 aliphatic carbocycles. The summed E-state index contributed by atoms with van der Waals surface area (Å²) in [5.74, 6) is -0.169. The van der Waals surface area contributed by atoms with Crippen LogP contribution in [0.25, 0.3) is 0 Å². The highest BCUT2D eigenvalue weighted by Gasteiger charge is 2.79. The van der Waals surface area contributed by atoms with Crippen molar-refractivity contribution in [3.63, 3.8) is 0 Å². The molecule has 0 unspecified atom stereocenters. The summed E-state index contributed by atoms with van der Waals surface area (Å²) in [7, 11) is 0. The van der Waals surface area contributed by atoms with E-state index in [0.717, 1.165) is 18.4 Å². The van der Waals surface area contributed by atoms with Gasteiger partial charge in [-0.05, 0) is 44.1 Å². The number of carbonyl (C=O) groups is 2. The zero-order chi connectivity index (χ0) is 16.2. The Balaban J connectivity index is 1.65. The SMILES string of the molecule is CCOC(=O)[C@@]12CC3(CC3)[C@@H]1CN([C@@H](C)c1ccccc1)C2=O. The van der Waals surface area contributed by atoms with Gasteiger partial charge in [-0.25, -0.2) is 0 Å². The molecule has 4 rings (SSSR count). The van der Waals surface area contributed by atoms with Gasteiger partial charge in [0.05, 0.1) is 12.6 Å². The van der Waals surface area contributed by atoms with Crippen molar-refractivity contribution in [2.45, 2.75) is 39.2 Å². The number of amides is 1. The van der Waals surface area contributed by atoms with E-state index in [2.05, 4.69) is 6.92 Å². The molecule has 0 radical (unpaired) electrons. The maximum Gasteiger partial charge on any atom is 0.322 e. The van der Waals surface area contributed by atoms with Crippen LogP contribution in [0.15, 0.2) is 30.3 Å². The molecule has 1 saturated heterocycles. The first kappa shape index (κ1) is 14.7. The first-order valence-corrected chi connectivity index (χ1v) is 8.58. The van der Waals surface area contributed by atoms with Crippen molar-refractivity contribution in [3.8, 4) is 0 Å². The molecular formula is C19H23NO3. The van der Waals surface area contributed by atoms with Gasteiger partial charge in [-0.3, -0.25) is 9.59 Å². The van der Waals surface area contributed by atoms with Crippen molar-refractivity contribution in [2.24, 2.45) is 16.7 Å². The third-order valence-electron chi connectivity index (χ3n) is 6.27. The van der Waals surface area contributed by atoms with Crippen LogP contribution in [0.2, 0.25) is 0 Å². The highest BCUT2D eigenvalue weighted by molar-refractivity contribution is 6.06. The molecule has 1 aromatic rings. The third kappa shape index (κ3) is 1.84. The lowest BCUT2D eigenvalue weighted by molar-refractivity contribution is -0.177. The van der Waals surface area contributed by atoms with Gasteiger partial charge in [0.1, 0.15) is 0 Å². The van der Waals surface area contributed by atoms with Crippen molar-refractivity contribution >= 4 is 11.9 Å². The number of hydrogen-bond donors (Lipinski definition) is 0. The quantitative estimate of drug-likeness (QED) is 0.634. The fourth-order valence-electron chi connectivity index (χ4n) is 4.80. The van der Waals surface area contributed by atoms with Crippen molar-refractivity contribution in [1.29, 1.82) is 0 Å². The summed E-state index contributed by atoms with van der Waals surface area (Å²) in [4.78, 5) is 27.7. The maximum atomic E-state index is 13.2. The van der Waals surface area contributed by atoms with Crippen LogP contribution in [0.4, 0.5) is 0 Å².